The standard InChI is InChI=1S/C30H37ClN2O4S/c1-21-5-3-6-23(17-21)38-16-4-13-33-14-11-30(12-15-33,19-28(35)36)10-9-27(34)29-24-18-22(37-2)7-8-26(24)32-20-25(29)31/h3,5-8,17-18,20,27,34H,4,9-16,19H2,1-2H3,(H,35,36). The average molecular weight is 557 g/mol. The number of halogens is 1. The molecule has 0 aliphatic carbocycles. The number of carboxylic acids is 1. The number of ether oxygens (including phenoxy) is 1. The van der Waals surface area contributed by atoms with Gasteiger partial charge in [-0.1, -0.05) is 29.3 Å². The molecule has 0 radical (unpaired) electrons. The Morgan fingerprint density at radius 3 is 2.74 bits per heavy atom. The largest absolute Gasteiger partial charge is 0.497 e. The highest BCUT2D eigenvalue weighted by Gasteiger charge is 2.37. The number of piperidine rings is 1. The molecule has 38 heavy (non-hydrogen) atoms. The fourth-order valence-corrected chi connectivity index (χ4v) is 6.72. The first kappa shape index (κ1) is 28.7. The van der Waals surface area contributed by atoms with Crippen LogP contribution in [-0.4, -0.2) is 58.6 Å². The van der Waals surface area contributed by atoms with Crippen LogP contribution in [0.1, 0.15) is 55.8 Å². The maximum Gasteiger partial charge on any atom is 0.303 e. The number of methoxy groups -OCH3 is 1. The van der Waals surface area contributed by atoms with E-state index in [0.29, 0.717) is 29.2 Å². The van der Waals surface area contributed by atoms with Gasteiger partial charge in [0.25, 0.3) is 0 Å². The molecule has 2 aromatic carbocycles. The van der Waals surface area contributed by atoms with Crippen molar-refractivity contribution >= 4 is 40.2 Å². The van der Waals surface area contributed by atoms with E-state index in [4.69, 9.17) is 16.3 Å². The van der Waals surface area contributed by atoms with Crippen molar-refractivity contribution in [3.8, 4) is 5.75 Å². The van der Waals surface area contributed by atoms with E-state index < -0.39 is 12.1 Å². The first-order chi connectivity index (χ1) is 18.3. The van der Waals surface area contributed by atoms with Gasteiger partial charge in [-0.15, -0.1) is 11.8 Å². The summed E-state index contributed by atoms with van der Waals surface area (Å²) in [5.41, 5.74) is 2.32. The molecule has 0 amide bonds. The number of hydrogen-bond donors (Lipinski definition) is 2. The Morgan fingerprint density at radius 1 is 1.24 bits per heavy atom. The SMILES string of the molecule is COc1ccc2ncc(Cl)c(C(O)CCC3(CC(=O)O)CCN(CCCSc4cccc(C)c4)CC3)c2c1. The number of nitrogens with zero attached hydrogens (tertiary/aromatic N) is 2. The van der Waals surface area contributed by atoms with E-state index in [1.54, 1.807) is 13.3 Å². The van der Waals surface area contributed by atoms with Gasteiger partial charge in [-0.25, -0.2) is 0 Å². The number of aliphatic hydroxyl groups excluding tert-OH is 1. The highest BCUT2D eigenvalue weighted by atomic mass is 35.5. The van der Waals surface area contributed by atoms with Crippen molar-refractivity contribution in [3.05, 3.63) is 64.8 Å². The lowest BCUT2D eigenvalue weighted by atomic mass is 9.71. The van der Waals surface area contributed by atoms with E-state index in [9.17, 15) is 15.0 Å². The van der Waals surface area contributed by atoms with Gasteiger partial charge in [0.05, 0.1) is 30.2 Å². The van der Waals surface area contributed by atoms with E-state index in [-0.39, 0.29) is 11.8 Å². The summed E-state index contributed by atoms with van der Waals surface area (Å²) < 4.78 is 5.36. The molecule has 204 valence electrons. The lowest BCUT2D eigenvalue weighted by Gasteiger charge is -2.41. The second-order valence-electron chi connectivity index (χ2n) is 10.4. The Bertz CT molecular complexity index is 1250. The molecule has 3 aromatic rings. The van der Waals surface area contributed by atoms with Gasteiger partial charge in [-0.05, 0) is 100 Å². The first-order valence-corrected chi connectivity index (χ1v) is 14.6. The molecule has 0 saturated carbocycles. The number of aliphatic hydroxyl groups is 1. The third-order valence-electron chi connectivity index (χ3n) is 7.67. The van der Waals surface area contributed by atoms with Crippen molar-refractivity contribution in [2.24, 2.45) is 5.41 Å². The molecule has 1 aliphatic heterocycles. The quantitative estimate of drug-likeness (QED) is 0.188. The van der Waals surface area contributed by atoms with Crippen LogP contribution in [0.5, 0.6) is 5.75 Å². The molecule has 6 nitrogen and oxygen atoms in total. The van der Waals surface area contributed by atoms with Crippen molar-refractivity contribution in [1.29, 1.82) is 0 Å². The monoisotopic (exact) mass is 556 g/mol. The van der Waals surface area contributed by atoms with Crippen LogP contribution in [-0.2, 0) is 4.79 Å². The van der Waals surface area contributed by atoms with Gasteiger partial charge in [0.2, 0.25) is 0 Å². The maximum atomic E-state index is 11.8. The number of aromatic nitrogens is 1. The molecule has 1 aliphatic rings. The number of aliphatic carboxylic acids is 1. The van der Waals surface area contributed by atoms with Gasteiger partial charge in [0.15, 0.2) is 0 Å². The lowest BCUT2D eigenvalue weighted by Crippen LogP contribution is -2.41. The Hall–Kier alpha value is -2.32. The summed E-state index contributed by atoms with van der Waals surface area (Å²) in [5, 5.41) is 22.1. The van der Waals surface area contributed by atoms with Gasteiger partial charge in [-0.3, -0.25) is 9.78 Å². The summed E-state index contributed by atoms with van der Waals surface area (Å²) in [4.78, 5) is 20.0. The Balaban J connectivity index is 1.35. The zero-order valence-electron chi connectivity index (χ0n) is 22.2. The molecule has 2 N–H and O–H groups in total. The van der Waals surface area contributed by atoms with Gasteiger partial charge >= 0.3 is 5.97 Å². The number of rotatable bonds is 12. The molecule has 1 saturated heterocycles. The zero-order chi connectivity index (χ0) is 27.1. The number of benzene rings is 2. The highest BCUT2D eigenvalue weighted by molar-refractivity contribution is 7.99. The minimum atomic E-state index is -0.817. The van der Waals surface area contributed by atoms with E-state index in [0.717, 1.165) is 55.6 Å². The molecule has 1 atom stereocenters. The van der Waals surface area contributed by atoms with Gasteiger partial charge in [0, 0.05) is 22.0 Å². The molecule has 1 aromatic heterocycles. The van der Waals surface area contributed by atoms with E-state index >= 15 is 0 Å². The minimum Gasteiger partial charge on any atom is -0.497 e. The average Bonchev–Trinajstić information content (AvgIpc) is 2.90. The van der Waals surface area contributed by atoms with Crippen LogP contribution in [0.2, 0.25) is 5.02 Å². The zero-order valence-corrected chi connectivity index (χ0v) is 23.7. The van der Waals surface area contributed by atoms with E-state index in [2.05, 4.69) is 41.1 Å². The topological polar surface area (TPSA) is 82.9 Å². The molecule has 8 heteroatoms. The van der Waals surface area contributed by atoms with Crippen LogP contribution < -0.4 is 4.74 Å². The van der Waals surface area contributed by atoms with Crippen LogP contribution in [0, 0.1) is 12.3 Å². The van der Waals surface area contributed by atoms with Gasteiger partial charge < -0.3 is 19.8 Å². The summed E-state index contributed by atoms with van der Waals surface area (Å²) >= 11 is 8.38. The second kappa shape index (κ2) is 13.2. The van der Waals surface area contributed by atoms with Crippen LogP contribution in [0.15, 0.2) is 53.6 Å². The molecule has 2 heterocycles. The molecule has 0 spiro atoms. The lowest BCUT2D eigenvalue weighted by molar-refractivity contribution is -0.141. The number of carboxylic acid groups (broad SMARTS) is 1. The van der Waals surface area contributed by atoms with Crippen LogP contribution in [0.4, 0.5) is 0 Å². The Morgan fingerprint density at radius 2 is 2.03 bits per heavy atom. The number of hydrogen-bond acceptors (Lipinski definition) is 6. The predicted molar refractivity (Wildman–Crippen MR) is 154 cm³/mol. The van der Waals surface area contributed by atoms with Crippen molar-refractivity contribution in [2.75, 3.05) is 32.5 Å². The molecule has 0 bridgehead atoms. The van der Waals surface area contributed by atoms with Gasteiger partial charge in [-0.2, -0.15) is 0 Å². The summed E-state index contributed by atoms with van der Waals surface area (Å²) in [6.45, 7) is 4.90. The number of aryl methyl sites for hydroxylation is 1. The second-order valence-corrected chi connectivity index (χ2v) is 12.0. The fraction of sp³-hybridized carbons (Fsp3) is 0.467. The van der Waals surface area contributed by atoms with Crippen molar-refractivity contribution in [3.63, 3.8) is 0 Å². The molecule has 1 unspecified atom stereocenters. The third kappa shape index (κ3) is 7.41. The number of carbonyl (C=O) groups is 1. The minimum absolute atomic E-state index is 0.120. The number of thioether (sulfide) groups is 1. The van der Waals surface area contributed by atoms with Crippen molar-refractivity contribution in [2.45, 2.75) is 56.4 Å². The van der Waals surface area contributed by atoms with Crippen molar-refractivity contribution < 1.29 is 19.7 Å². The van der Waals surface area contributed by atoms with Crippen LogP contribution in [0.3, 0.4) is 0 Å². The summed E-state index contributed by atoms with van der Waals surface area (Å²) in [6, 6.07) is 14.1. The highest BCUT2D eigenvalue weighted by Crippen LogP contribution is 2.43. The maximum absolute atomic E-state index is 11.8. The third-order valence-corrected chi connectivity index (χ3v) is 9.05. The van der Waals surface area contributed by atoms with E-state index in [1.807, 2.05) is 30.0 Å². The molecular weight excluding hydrogens is 520 g/mol. The smallest absolute Gasteiger partial charge is 0.303 e. The van der Waals surface area contributed by atoms with E-state index in [1.165, 1.54) is 10.5 Å². The normalized spacial score (nSPS) is 16.4. The Labute approximate surface area is 234 Å². The number of fused-ring (bicyclic) bond motifs is 1. The van der Waals surface area contributed by atoms with Crippen LogP contribution >= 0.6 is 23.4 Å². The molecule has 4 rings (SSSR count). The molecule has 1 fully saturated rings. The van der Waals surface area contributed by atoms with Gasteiger partial charge in [0.1, 0.15) is 5.75 Å². The van der Waals surface area contributed by atoms with Crippen molar-refractivity contribution in [1.82, 2.24) is 9.88 Å². The summed E-state index contributed by atoms with van der Waals surface area (Å²) in [7, 11) is 1.60. The predicted octanol–water partition coefficient (Wildman–Crippen LogP) is 6.76. The first-order valence-electron chi connectivity index (χ1n) is 13.2. The molecular formula is C30H37ClN2O4S. The number of pyridine rings is 1. The summed E-state index contributed by atoms with van der Waals surface area (Å²) in [5.74, 6) is 0.958. The fourth-order valence-electron chi connectivity index (χ4n) is 5.49. The number of likely N-dealkylation sites (tertiary alicyclic amines) is 1. The van der Waals surface area contributed by atoms with Crippen LogP contribution in [0.25, 0.3) is 10.9 Å². The summed E-state index contributed by atoms with van der Waals surface area (Å²) in [6.07, 6.45) is 4.67. The Kier molecular flexibility index (Phi) is 9.93.